The third-order valence-electron chi connectivity index (χ3n) is 3.84. The van der Waals surface area contributed by atoms with Gasteiger partial charge in [-0.25, -0.2) is 8.42 Å². The lowest BCUT2D eigenvalue weighted by Gasteiger charge is -2.26. The summed E-state index contributed by atoms with van der Waals surface area (Å²) < 4.78 is 30.5. The molecule has 9 nitrogen and oxygen atoms in total. The van der Waals surface area contributed by atoms with Crippen LogP contribution in [0, 0.1) is 10.1 Å². The summed E-state index contributed by atoms with van der Waals surface area (Å²) in [5.74, 6) is -0.415. The predicted molar refractivity (Wildman–Crippen MR) is 102 cm³/mol. The molecule has 0 aliphatic rings. The van der Waals surface area contributed by atoms with E-state index in [0.29, 0.717) is 5.69 Å². The Labute approximate surface area is 157 Å². The Kier molecular flexibility index (Phi) is 6.01. The van der Waals surface area contributed by atoms with E-state index in [2.05, 4.69) is 0 Å². The highest BCUT2D eigenvalue weighted by Gasteiger charge is 2.27. The van der Waals surface area contributed by atoms with E-state index >= 15 is 0 Å². The van der Waals surface area contributed by atoms with Gasteiger partial charge in [0.25, 0.3) is 5.69 Å². The zero-order valence-electron chi connectivity index (χ0n) is 15.0. The fourth-order valence-electron chi connectivity index (χ4n) is 2.39. The summed E-state index contributed by atoms with van der Waals surface area (Å²) in [7, 11) is -1.10. The molecule has 0 aliphatic heterocycles. The molecule has 0 fully saturated rings. The molecule has 2 rings (SSSR count). The number of hydrogen-bond acceptors (Lipinski definition) is 6. The third kappa shape index (κ3) is 4.73. The van der Waals surface area contributed by atoms with Crippen LogP contribution in [0.3, 0.4) is 0 Å². The van der Waals surface area contributed by atoms with Crippen molar-refractivity contribution in [3.8, 4) is 5.75 Å². The molecule has 0 atom stereocenters. The van der Waals surface area contributed by atoms with Gasteiger partial charge in [-0.3, -0.25) is 19.2 Å². The largest absolute Gasteiger partial charge is 0.495 e. The van der Waals surface area contributed by atoms with Gasteiger partial charge in [0.15, 0.2) is 0 Å². The molecule has 1 amide bonds. The van der Waals surface area contributed by atoms with Crippen LogP contribution in [0.15, 0.2) is 48.5 Å². The minimum absolute atomic E-state index is 0.0796. The summed E-state index contributed by atoms with van der Waals surface area (Å²) in [6.45, 7) is -0.540. The molecule has 0 radical (unpaired) electrons. The second kappa shape index (κ2) is 8.04. The number of hydrogen-bond donors (Lipinski definition) is 0. The zero-order valence-corrected chi connectivity index (χ0v) is 15.8. The number of anilines is 2. The Bertz CT molecular complexity index is 946. The first-order valence-corrected chi connectivity index (χ1v) is 9.61. The topological polar surface area (TPSA) is 110 Å². The number of amides is 1. The standard InChI is InChI=1S/C17H19N3O6S/c1-18(13-7-5-4-6-8-13)17(21)12-19(27(3,24)25)15-11-14(20(22)23)9-10-16(15)26-2/h4-11H,12H2,1-3H3. The summed E-state index contributed by atoms with van der Waals surface area (Å²) in [5, 5.41) is 11.1. The Balaban J connectivity index is 2.44. The van der Waals surface area contributed by atoms with Crippen LogP contribution < -0.4 is 13.9 Å². The smallest absolute Gasteiger partial charge is 0.271 e. The van der Waals surface area contributed by atoms with Gasteiger partial charge >= 0.3 is 0 Å². The molecule has 2 aromatic rings. The number of sulfonamides is 1. The van der Waals surface area contributed by atoms with Gasteiger partial charge < -0.3 is 9.64 Å². The van der Waals surface area contributed by atoms with Crippen LogP contribution in [0.5, 0.6) is 5.75 Å². The SMILES string of the molecule is COc1ccc([N+](=O)[O-])cc1N(CC(=O)N(C)c1ccccc1)S(C)(=O)=O. The van der Waals surface area contributed by atoms with Gasteiger partial charge in [-0.2, -0.15) is 0 Å². The average molecular weight is 393 g/mol. The quantitative estimate of drug-likeness (QED) is 0.526. The number of rotatable bonds is 7. The Morgan fingerprint density at radius 2 is 1.81 bits per heavy atom. The number of benzene rings is 2. The summed E-state index contributed by atoms with van der Waals surface area (Å²) >= 11 is 0. The monoisotopic (exact) mass is 393 g/mol. The van der Waals surface area contributed by atoms with E-state index in [0.717, 1.165) is 16.6 Å². The van der Waals surface area contributed by atoms with Gasteiger partial charge in [0.1, 0.15) is 18.0 Å². The Hall–Kier alpha value is -3.14. The second-order valence-corrected chi connectivity index (χ2v) is 7.58. The van der Waals surface area contributed by atoms with E-state index < -0.39 is 27.4 Å². The third-order valence-corrected chi connectivity index (χ3v) is 4.97. The van der Waals surface area contributed by atoms with Crippen molar-refractivity contribution < 1.29 is 22.9 Å². The van der Waals surface area contributed by atoms with Gasteiger partial charge in [-0.1, -0.05) is 18.2 Å². The van der Waals surface area contributed by atoms with Crippen LogP contribution in [0.2, 0.25) is 0 Å². The van der Waals surface area contributed by atoms with Crippen LogP contribution in [0.1, 0.15) is 0 Å². The number of non-ortho nitro benzene ring substituents is 1. The number of carbonyl (C=O) groups is 1. The number of nitrogens with zero attached hydrogens (tertiary/aromatic N) is 3. The lowest BCUT2D eigenvalue weighted by molar-refractivity contribution is -0.384. The molecule has 0 unspecified atom stereocenters. The molecule has 0 spiro atoms. The number of carbonyl (C=O) groups excluding carboxylic acids is 1. The predicted octanol–water partition coefficient (Wildman–Crippen LogP) is 2.03. The van der Waals surface area contributed by atoms with Crippen molar-refractivity contribution in [3.05, 3.63) is 58.6 Å². The van der Waals surface area contributed by atoms with E-state index in [-0.39, 0.29) is 17.1 Å². The van der Waals surface area contributed by atoms with Crippen molar-refractivity contribution in [1.82, 2.24) is 0 Å². The number of ether oxygens (including phenoxy) is 1. The van der Waals surface area contributed by atoms with Crippen molar-refractivity contribution >= 4 is 33.0 Å². The van der Waals surface area contributed by atoms with E-state index in [1.54, 1.807) is 30.3 Å². The normalized spacial score (nSPS) is 10.9. The molecular weight excluding hydrogens is 374 g/mol. The summed E-state index contributed by atoms with van der Waals surface area (Å²) in [6, 6.07) is 12.2. The average Bonchev–Trinajstić information content (AvgIpc) is 2.64. The van der Waals surface area contributed by atoms with Crippen LogP contribution in [-0.4, -0.2) is 46.2 Å². The fraction of sp³-hybridized carbons (Fsp3) is 0.235. The molecule has 0 bridgehead atoms. The molecule has 27 heavy (non-hydrogen) atoms. The number of nitro benzene ring substituents is 1. The second-order valence-electron chi connectivity index (χ2n) is 5.67. The highest BCUT2D eigenvalue weighted by molar-refractivity contribution is 7.92. The molecule has 144 valence electrons. The first kappa shape index (κ1) is 20.2. The molecule has 0 saturated heterocycles. The van der Waals surface area contributed by atoms with Crippen LogP contribution >= 0.6 is 0 Å². The maximum Gasteiger partial charge on any atom is 0.271 e. The molecule has 0 aliphatic carbocycles. The van der Waals surface area contributed by atoms with Gasteiger partial charge in [0, 0.05) is 24.9 Å². The van der Waals surface area contributed by atoms with Gasteiger partial charge in [-0.15, -0.1) is 0 Å². The number of nitro groups is 1. The molecular formula is C17H19N3O6S. The summed E-state index contributed by atoms with van der Waals surface area (Å²) in [5.41, 5.74) is 0.189. The lowest BCUT2D eigenvalue weighted by Crippen LogP contribution is -2.41. The highest BCUT2D eigenvalue weighted by Crippen LogP contribution is 2.33. The van der Waals surface area contributed by atoms with Gasteiger partial charge in [0.2, 0.25) is 15.9 Å². The molecule has 0 saturated carbocycles. The number of para-hydroxylation sites is 1. The highest BCUT2D eigenvalue weighted by atomic mass is 32.2. The molecule has 10 heteroatoms. The maximum atomic E-state index is 12.6. The van der Waals surface area contributed by atoms with E-state index in [1.807, 2.05) is 0 Å². The van der Waals surface area contributed by atoms with Crippen molar-refractivity contribution in [2.75, 3.05) is 36.2 Å². The summed E-state index contributed by atoms with van der Waals surface area (Å²) in [4.78, 5) is 24.4. The first-order valence-electron chi connectivity index (χ1n) is 7.77. The lowest BCUT2D eigenvalue weighted by atomic mass is 10.2. The van der Waals surface area contributed by atoms with E-state index in [9.17, 15) is 23.3 Å². The van der Waals surface area contributed by atoms with Crippen molar-refractivity contribution in [2.24, 2.45) is 0 Å². The first-order chi connectivity index (χ1) is 12.6. The van der Waals surface area contributed by atoms with Crippen LogP contribution in [0.25, 0.3) is 0 Å². The Morgan fingerprint density at radius 1 is 1.19 bits per heavy atom. The molecule has 0 N–H and O–H groups in total. The number of methoxy groups -OCH3 is 1. The summed E-state index contributed by atoms with van der Waals surface area (Å²) in [6.07, 6.45) is 0.918. The van der Waals surface area contributed by atoms with E-state index in [1.165, 1.54) is 31.2 Å². The minimum Gasteiger partial charge on any atom is -0.495 e. The minimum atomic E-state index is -3.92. The molecule has 0 aromatic heterocycles. The van der Waals surface area contributed by atoms with Crippen molar-refractivity contribution in [1.29, 1.82) is 0 Å². The zero-order chi connectivity index (χ0) is 20.2. The Morgan fingerprint density at radius 3 is 2.33 bits per heavy atom. The number of likely N-dealkylation sites (N-methyl/N-ethyl adjacent to an activating group) is 1. The van der Waals surface area contributed by atoms with Gasteiger partial charge in [-0.05, 0) is 18.2 Å². The van der Waals surface area contributed by atoms with Crippen LogP contribution in [0.4, 0.5) is 17.1 Å². The van der Waals surface area contributed by atoms with Crippen molar-refractivity contribution in [3.63, 3.8) is 0 Å². The molecule has 2 aromatic carbocycles. The maximum absolute atomic E-state index is 12.6. The van der Waals surface area contributed by atoms with Crippen molar-refractivity contribution in [2.45, 2.75) is 0 Å². The molecule has 0 heterocycles. The van der Waals surface area contributed by atoms with Gasteiger partial charge in [0.05, 0.1) is 18.3 Å². The van der Waals surface area contributed by atoms with Crippen LogP contribution in [-0.2, 0) is 14.8 Å². The van der Waals surface area contributed by atoms with E-state index in [4.69, 9.17) is 4.74 Å². The fourth-order valence-corrected chi connectivity index (χ4v) is 3.24.